The van der Waals surface area contributed by atoms with E-state index in [4.69, 9.17) is 4.74 Å². The summed E-state index contributed by atoms with van der Waals surface area (Å²) < 4.78 is 5.92. The van der Waals surface area contributed by atoms with Crippen LogP contribution in [0.15, 0.2) is 28.7 Å². The number of hydrogen-bond donors (Lipinski definition) is 0. The minimum Gasteiger partial charge on any atom is -0.469 e. The highest BCUT2D eigenvalue weighted by molar-refractivity contribution is 9.10. The first-order chi connectivity index (χ1) is 7.72. The molecule has 1 aromatic rings. The zero-order chi connectivity index (χ0) is 11.5. The third kappa shape index (κ3) is 2.29. The van der Waals surface area contributed by atoms with Crippen molar-refractivity contribution in [1.29, 1.82) is 0 Å². The first-order valence-electron chi connectivity index (χ1n) is 5.55. The summed E-state index contributed by atoms with van der Waals surface area (Å²) in [6.45, 7) is 0. The number of rotatable bonds is 3. The van der Waals surface area contributed by atoms with Crippen molar-refractivity contribution in [3.63, 3.8) is 0 Å². The predicted octanol–water partition coefficient (Wildman–Crippen LogP) is 3.51. The Hall–Kier alpha value is -0.830. The highest BCUT2D eigenvalue weighted by Crippen LogP contribution is 2.40. The van der Waals surface area contributed by atoms with Crippen molar-refractivity contribution in [2.75, 3.05) is 7.11 Å². The largest absolute Gasteiger partial charge is 0.469 e. The molecule has 1 aliphatic carbocycles. The van der Waals surface area contributed by atoms with Crippen LogP contribution in [-0.2, 0) is 9.53 Å². The van der Waals surface area contributed by atoms with Gasteiger partial charge in [-0.1, -0.05) is 34.5 Å². The van der Waals surface area contributed by atoms with E-state index >= 15 is 0 Å². The van der Waals surface area contributed by atoms with E-state index in [-0.39, 0.29) is 11.9 Å². The van der Waals surface area contributed by atoms with Crippen molar-refractivity contribution in [3.8, 4) is 0 Å². The number of ether oxygens (including phenoxy) is 1. The summed E-state index contributed by atoms with van der Waals surface area (Å²) in [5, 5.41) is 0. The van der Waals surface area contributed by atoms with Gasteiger partial charge in [0, 0.05) is 4.47 Å². The summed E-state index contributed by atoms with van der Waals surface area (Å²) in [5.41, 5.74) is 1.06. The van der Waals surface area contributed by atoms with Gasteiger partial charge in [-0.15, -0.1) is 0 Å². The number of halogens is 1. The number of carbonyl (C=O) groups is 1. The Labute approximate surface area is 104 Å². The molecule has 1 saturated carbocycles. The molecule has 0 N–H and O–H groups in total. The van der Waals surface area contributed by atoms with Crippen molar-refractivity contribution in [2.45, 2.75) is 25.2 Å². The van der Waals surface area contributed by atoms with Gasteiger partial charge in [0.1, 0.15) is 0 Å². The van der Waals surface area contributed by atoms with Crippen LogP contribution in [-0.4, -0.2) is 13.1 Å². The third-order valence-electron chi connectivity index (χ3n) is 3.28. The van der Waals surface area contributed by atoms with E-state index in [1.807, 2.05) is 24.3 Å². The zero-order valence-corrected chi connectivity index (χ0v) is 10.9. The van der Waals surface area contributed by atoms with E-state index in [0.717, 1.165) is 22.9 Å². The van der Waals surface area contributed by atoms with Gasteiger partial charge < -0.3 is 4.74 Å². The molecule has 0 spiro atoms. The molecular formula is C13H15BrO2. The quantitative estimate of drug-likeness (QED) is 0.793. The fourth-order valence-corrected chi connectivity index (χ4v) is 2.62. The maximum Gasteiger partial charge on any atom is 0.313 e. The molecule has 2 rings (SSSR count). The second-order valence-corrected chi connectivity index (χ2v) is 5.16. The van der Waals surface area contributed by atoms with Gasteiger partial charge in [0.25, 0.3) is 0 Å². The minimum atomic E-state index is -0.109. The van der Waals surface area contributed by atoms with E-state index < -0.39 is 0 Å². The molecule has 0 heterocycles. The lowest BCUT2D eigenvalue weighted by molar-refractivity contribution is -0.144. The average Bonchev–Trinajstić information content (AvgIpc) is 2.22. The molecule has 1 unspecified atom stereocenters. The summed E-state index contributed by atoms with van der Waals surface area (Å²) in [4.78, 5) is 11.8. The van der Waals surface area contributed by atoms with Crippen molar-refractivity contribution >= 4 is 21.9 Å². The van der Waals surface area contributed by atoms with Crippen LogP contribution >= 0.6 is 15.9 Å². The molecule has 0 saturated heterocycles. The fraction of sp³-hybridized carbons (Fsp3) is 0.462. The SMILES string of the molecule is COC(=O)C(c1cccc(Br)c1)C1CCC1. The zero-order valence-electron chi connectivity index (χ0n) is 9.28. The van der Waals surface area contributed by atoms with Gasteiger partial charge in [-0.2, -0.15) is 0 Å². The summed E-state index contributed by atoms with van der Waals surface area (Å²) in [7, 11) is 1.46. The highest BCUT2D eigenvalue weighted by atomic mass is 79.9. The molecule has 16 heavy (non-hydrogen) atoms. The van der Waals surface area contributed by atoms with Gasteiger partial charge in [0.15, 0.2) is 0 Å². The molecule has 0 bridgehead atoms. The molecule has 3 heteroatoms. The Bertz CT molecular complexity index is 385. The molecule has 1 aromatic carbocycles. The van der Waals surface area contributed by atoms with Crippen LogP contribution in [0.5, 0.6) is 0 Å². The van der Waals surface area contributed by atoms with Gasteiger partial charge in [-0.25, -0.2) is 0 Å². The lowest BCUT2D eigenvalue weighted by atomic mass is 9.73. The molecule has 1 aliphatic rings. The van der Waals surface area contributed by atoms with Crippen LogP contribution in [0.4, 0.5) is 0 Å². The standard InChI is InChI=1S/C13H15BrO2/c1-16-13(15)12(9-4-2-5-9)10-6-3-7-11(14)8-10/h3,6-9,12H,2,4-5H2,1H3. The molecule has 1 fully saturated rings. The monoisotopic (exact) mass is 282 g/mol. The Morgan fingerprint density at radius 1 is 1.50 bits per heavy atom. The van der Waals surface area contributed by atoms with E-state index in [2.05, 4.69) is 15.9 Å². The fourth-order valence-electron chi connectivity index (χ4n) is 2.20. The van der Waals surface area contributed by atoms with Crippen LogP contribution < -0.4 is 0 Å². The van der Waals surface area contributed by atoms with Crippen LogP contribution in [0.2, 0.25) is 0 Å². The number of hydrogen-bond acceptors (Lipinski definition) is 2. The van der Waals surface area contributed by atoms with E-state index in [9.17, 15) is 4.79 Å². The number of methoxy groups -OCH3 is 1. The molecule has 0 aliphatic heterocycles. The highest BCUT2D eigenvalue weighted by Gasteiger charge is 2.34. The Morgan fingerprint density at radius 3 is 2.75 bits per heavy atom. The topological polar surface area (TPSA) is 26.3 Å². The van der Waals surface area contributed by atoms with Gasteiger partial charge in [0.05, 0.1) is 13.0 Å². The van der Waals surface area contributed by atoms with Crippen molar-refractivity contribution in [1.82, 2.24) is 0 Å². The van der Waals surface area contributed by atoms with Gasteiger partial charge in [0.2, 0.25) is 0 Å². The van der Waals surface area contributed by atoms with Gasteiger partial charge in [-0.05, 0) is 36.5 Å². The van der Waals surface area contributed by atoms with Crippen LogP contribution in [0.25, 0.3) is 0 Å². The summed E-state index contributed by atoms with van der Waals surface area (Å²) in [5.74, 6) is 0.265. The second kappa shape index (κ2) is 5.00. The lowest BCUT2D eigenvalue weighted by Crippen LogP contribution is -2.27. The number of esters is 1. The minimum absolute atomic E-state index is 0.0868. The van der Waals surface area contributed by atoms with E-state index in [0.29, 0.717) is 5.92 Å². The van der Waals surface area contributed by atoms with Gasteiger partial charge >= 0.3 is 5.97 Å². The normalized spacial score (nSPS) is 17.6. The number of carbonyl (C=O) groups excluding carboxylic acids is 1. The smallest absolute Gasteiger partial charge is 0.313 e. The number of benzene rings is 1. The molecule has 0 amide bonds. The maximum absolute atomic E-state index is 11.8. The first-order valence-corrected chi connectivity index (χ1v) is 6.35. The Balaban J connectivity index is 2.27. The first kappa shape index (κ1) is 11.6. The summed E-state index contributed by atoms with van der Waals surface area (Å²) >= 11 is 3.44. The summed E-state index contributed by atoms with van der Waals surface area (Å²) in [6.07, 6.45) is 3.49. The molecule has 2 nitrogen and oxygen atoms in total. The maximum atomic E-state index is 11.8. The van der Waals surface area contributed by atoms with Crippen molar-refractivity contribution in [3.05, 3.63) is 34.3 Å². The van der Waals surface area contributed by atoms with Crippen LogP contribution in [0.3, 0.4) is 0 Å². The second-order valence-electron chi connectivity index (χ2n) is 4.25. The Morgan fingerprint density at radius 2 is 2.25 bits per heavy atom. The summed E-state index contributed by atoms with van der Waals surface area (Å²) in [6, 6.07) is 7.96. The van der Waals surface area contributed by atoms with E-state index in [1.54, 1.807) is 0 Å². The average molecular weight is 283 g/mol. The third-order valence-corrected chi connectivity index (χ3v) is 3.78. The van der Waals surface area contributed by atoms with Crippen LogP contribution in [0.1, 0.15) is 30.7 Å². The molecule has 0 aromatic heterocycles. The van der Waals surface area contributed by atoms with Crippen LogP contribution in [0, 0.1) is 5.92 Å². The molecular weight excluding hydrogens is 268 g/mol. The Kier molecular flexibility index (Phi) is 3.64. The molecule has 86 valence electrons. The van der Waals surface area contributed by atoms with Crippen molar-refractivity contribution in [2.24, 2.45) is 5.92 Å². The molecule has 0 radical (unpaired) electrons. The van der Waals surface area contributed by atoms with Crippen molar-refractivity contribution < 1.29 is 9.53 Å². The lowest BCUT2D eigenvalue weighted by Gasteiger charge is -2.32. The molecule has 1 atom stereocenters. The van der Waals surface area contributed by atoms with E-state index in [1.165, 1.54) is 13.5 Å². The predicted molar refractivity (Wildman–Crippen MR) is 66.2 cm³/mol. The van der Waals surface area contributed by atoms with Gasteiger partial charge in [-0.3, -0.25) is 4.79 Å².